The van der Waals surface area contributed by atoms with Gasteiger partial charge in [-0.05, 0) is 40.9 Å². The molecule has 0 bridgehead atoms. The summed E-state index contributed by atoms with van der Waals surface area (Å²) < 4.78 is 3.07. The molecule has 0 N–H and O–H groups in total. The van der Waals surface area contributed by atoms with Crippen LogP contribution in [-0.2, 0) is 7.05 Å². The highest BCUT2D eigenvalue weighted by atomic mass is 79.9. The molecule has 19 heavy (non-hydrogen) atoms. The number of nitrogens with zero attached hydrogens (tertiary/aromatic N) is 5. The van der Waals surface area contributed by atoms with Crippen LogP contribution < -0.4 is 4.90 Å². The smallest absolute Gasteiger partial charge is 0.142 e. The van der Waals surface area contributed by atoms with Crippen molar-refractivity contribution in [2.45, 2.75) is 18.8 Å². The van der Waals surface area contributed by atoms with Gasteiger partial charge >= 0.3 is 0 Å². The summed E-state index contributed by atoms with van der Waals surface area (Å²) >= 11 is 3.58. The first-order valence-corrected chi connectivity index (χ1v) is 7.24. The molecule has 5 nitrogen and oxygen atoms in total. The van der Waals surface area contributed by atoms with Crippen LogP contribution in [0.15, 0.2) is 29.1 Å². The lowest BCUT2D eigenvalue weighted by Gasteiger charge is -2.33. The zero-order valence-corrected chi connectivity index (χ0v) is 12.4. The topological polar surface area (TPSA) is 46.8 Å². The van der Waals surface area contributed by atoms with E-state index in [-0.39, 0.29) is 0 Å². The average Bonchev–Trinajstić information content (AvgIpc) is 2.86. The zero-order valence-electron chi connectivity index (χ0n) is 10.8. The lowest BCUT2D eigenvalue weighted by atomic mass is 9.97. The van der Waals surface area contributed by atoms with E-state index in [4.69, 9.17) is 0 Å². The van der Waals surface area contributed by atoms with Crippen molar-refractivity contribution in [2.75, 3.05) is 18.0 Å². The first kappa shape index (κ1) is 12.6. The molecule has 3 rings (SSSR count). The van der Waals surface area contributed by atoms with Gasteiger partial charge in [-0.1, -0.05) is 0 Å². The van der Waals surface area contributed by atoms with Crippen LogP contribution in [-0.4, -0.2) is 32.8 Å². The van der Waals surface area contributed by atoms with Crippen LogP contribution in [0.1, 0.15) is 24.6 Å². The van der Waals surface area contributed by atoms with Gasteiger partial charge in [0.25, 0.3) is 0 Å². The largest absolute Gasteiger partial charge is 0.355 e. The number of aromatic nitrogens is 4. The van der Waals surface area contributed by atoms with Crippen molar-refractivity contribution in [3.63, 3.8) is 0 Å². The van der Waals surface area contributed by atoms with Gasteiger partial charge in [-0.15, -0.1) is 10.2 Å². The molecule has 1 aliphatic heterocycles. The molecule has 1 aliphatic rings. The van der Waals surface area contributed by atoms with Crippen molar-refractivity contribution in [1.29, 1.82) is 0 Å². The lowest BCUT2D eigenvalue weighted by molar-refractivity contribution is 0.477. The molecule has 0 amide bonds. The van der Waals surface area contributed by atoms with E-state index in [9.17, 15) is 0 Å². The zero-order chi connectivity index (χ0) is 13.2. The van der Waals surface area contributed by atoms with Crippen molar-refractivity contribution >= 4 is 21.7 Å². The quantitative estimate of drug-likeness (QED) is 0.852. The molecule has 0 spiro atoms. The summed E-state index contributed by atoms with van der Waals surface area (Å²) in [7, 11) is 2.00. The molecule has 1 fully saturated rings. The Labute approximate surface area is 120 Å². The average molecular weight is 322 g/mol. The highest BCUT2D eigenvalue weighted by Gasteiger charge is 2.26. The molecule has 0 aromatic carbocycles. The second-order valence-electron chi connectivity index (χ2n) is 4.89. The lowest BCUT2D eigenvalue weighted by Crippen LogP contribution is -2.36. The fraction of sp³-hybridized carbons (Fsp3) is 0.462. The minimum atomic E-state index is 0.426. The second-order valence-corrected chi connectivity index (χ2v) is 5.75. The Bertz CT molecular complexity index is 568. The van der Waals surface area contributed by atoms with Crippen molar-refractivity contribution in [3.05, 3.63) is 35.0 Å². The minimum absolute atomic E-state index is 0.426. The Morgan fingerprint density at radius 3 is 3.05 bits per heavy atom. The van der Waals surface area contributed by atoms with Gasteiger partial charge in [0.1, 0.15) is 18.0 Å². The molecule has 1 unspecified atom stereocenters. The van der Waals surface area contributed by atoms with E-state index in [1.54, 1.807) is 6.33 Å². The van der Waals surface area contributed by atoms with Crippen LogP contribution in [0.5, 0.6) is 0 Å². The van der Waals surface area contributed by atoms with Gasteiger partial charge in [-0.25, -0.2) is 4.98 Å². The van der Waals surface area contributed by atoms with E-state index in [1.807, 2.05) is 29.9 Å². The van der Waals surface area contributed by atoms with Crippen LogP contribution in [0.2, 0.25) is 0 Å². The van der Waals surface area contributed by atoms with Crippen LogP contribution in [0.3, 0.4) is 0 Å². The van der Waals surface area contributed by atoms with Crippen molar-refractivity contribution in [1.82, 2.24) is 19.7 Å². The SMILES string of the molecule is Cn1cnnc1C1CCCN(c2ncccc2Br)C1. The third-order valence-electron chi connectivity index (χ3n) is 3.57. The summed E-state index contributed by atoms with van der Waals surface area (Å²) in [4.78, 5) is 6.80. The number of hydrogen-bond acceptors (Lipinski definition) is 4. The molecule has 0 aliphatic carbocycles. The van der Waals surface area contributed by atoms with E-state index >= 15 is 0 Å². The van der Waals surface area contributed by atoms with E-state index in [0.717, 1.165) is 42.0 Å². The number of halogens is 1. The third kappa shape index (κ3) is 2.49. The fourth-order valence-electron chi connectivity index (χ4n) is 2.65. The predicted molar refractivity (Wildman–Crippen MR) is 77.1 cm³/mol. The number of aryl methyl sites for hydroxylation is 1. The molecule has 0 saturated carbocycles. The summed E-state index contributed by atoms with van der Waals surface area (Å²) in [6.07, 6.45) is 5.92. The van der Waals surface area contributed by atoms with E-state index in [0.29, 0.717) is 5.92 Å². The third-order valence-corrected chi connectivity index (χ3v) is 4.19. The summed E-state index contributed by atoms with van der Waals surface area (Å²) in [6.45, 7) is 1.99. The van der Waals surface area contributed by atoms with Crippen molar-refractivity contribution in [2.24, 2.45) is 7.05 Å². The molecule has 1 atom stereocenters. The Hall–Kier alpha value is -1.43. The van der Waals surface area contributed by atoms with Crippen LogP contribution in [0, 0.1) is 0 Å². The van der Waals surface area contributed by atoms with Crippen LogP contribution in [0.25, 0.3) is 0 Å². The number of anilines is 1. The normalized spacial score (nSPS) is 19.7. The molecular weight excluding hydrogens is 306 g/mol. The number of rotatable bonds is 2. The number of pyridine rings is 1. The maximum absolute atomic E-state index is 4.48. The fourth-order valence-corrected chi connectivity index (χ4v) is 3.16. The molecule has 0 radical (unpaired) electrons. The van der Waals surface area contributed by atoms with Crippen LogP contribution >= 0.6 is 15.9 Å². The predicted octanol–water partition coefficient (Wildman–Crippen LogP) is 2.36. The van der Waals surface area contributed by atoms with Crippen molar-refractivity contribution < 1.29 is 0 Å². The minimum Gasteiger partial charge on any atom is -0.355 e. The van der Waals surface area contributed by atoms with Gasteiger partial charge in [0, 0.05) is 32.3 Å². The van der Waals surface area contributed by atoms with Gasteiger partial charge in [0.05, 0.1) is 4.47 Å². The Morgan fingerprint density at radius 2 is 2.32 bits per heavy atom. The van der Waals surface area contributed by atoms with E-state index in [2.05, 4.69) is 36.0 Å². The Kier molecular flexibility index (Phi) is 3.50. The van der Waals surface area contributed by atoms with Gasteiger partial charge in [-0.2, -0.15) is 0 Å². The standard InChI is InChI=1S/C13H16BrN5/c1-18-9-16-17-12(18)10-4-3-7-19(8-10)13-11(14)5-2-6-15-13/h2,5-6,9-10H,3-4,7-8H2,1H3. The van der Waals surface area contributed by atoms with Gasteiger partial charge in [-0.3, -0.25) is 0 Å². The number of piperidine rings is 1. The highest BCUT2D eigenvalue weighted by Crippen LogP contribution is 2.31. The summed E-state index contributed by atoms with van der Waals surface area (Å²) in [5.74, 6) is 2.52. The first-order valence-electron chi connectivity index (χ1n) is 6.45. The molecule has 2 aromatic rings. The molecule has 2 aromatic heterocycles. The Balaban J connectivity index is 1.83. The van der Waals surface area contributed by atoms with Gasteiger partial charge in [0.15, 0.2) is 0 Å². The molecule has 3 heterocycles. The Morgan fingerprint density at radius 1 is 1.42 bits per heavy atom. The molecule has 1 saturated heterocycles. The van der Waals surface area contributed by atoms with E-state index in [1.165, 1.54) is 0 Å². The second kappa shape index (κ2) is 5.28. The van der Waals surface area contributed by atoms with E-state index < -0.39 is 0 Å². The van der Waals surface area contributed by atoms with Crippen molar-refractivity contribution in [3.8, 4) is 0 Å². The summed E-state index contributed by atoms with van der Waals surface area (Å²) in [5, 5.41) is 8.23. The molecular formula is C13H16BrN5. The molecule has 6 heteroatoms. The monoisotopic (exact) mass is 321 g/mol. The van der Waals surface area contributed by atoms with Gasteiger partial charge in [0.2, 0.25) is 0 Å². The highest BCUT2D eigenvalue weighted by molar-refractivity contribution is 9.10. The maximum atomic E-state index is 4.48. The van der Waals surface area contributed by atoms with Gasteiger partial charge < -0.3 is 9.47 Å². The first-order chi connectivity index (χ1) is 9.25. The van der Waals surface area contributed by atoms with Crippen LogP contribution in [0.4, 0.5) is 5.82 Å². The number of hydrogen-bond donors (Lipinski definition) is 0. The molecule has 100 valence electrons. The summed E-state index contributed by atoms with van der Waals surface area (Å²) in [6, 6.07) is 3.98. The maximum Gasteiger partial charge on any atom is 0.142 e. The summed E-state index contributed by atoms with van der Waals surface area (Å²) in [5.41, 5.74) is 0.